The van der Waals surface area contributed by atoms with Gasteiger partial charge in [-0.1, -0.05) is 48.5 Å². The lowest BCUT2D eigenvalue weighted by atomic mass is 10.1. The number of amides is 1. The van der Waals surface area contributed by atoms with Crippen molar-refractivity contribution < 1.29 is 13.2 Å². The molecule has 6 nitrogen and oxygen atoms in total. The lowest BCUT2D eigenvalue weighted by Gasteiger charge is -2.17. The number of fused-ring (bicyclic) bond motifs is 1. The molecule has 0 spiro atoms. The standard InChI is InChI=1S/C25H23N3O3S/c1-18-22-10-6-7-11-23(22)27-24(26-18)16-28(2)25(29)20-14-12-19(13-15-20)17-32(30,31)21-8-4-3-5-9-21/h3-15H,16-17H2,1-2H3. The van der Waals surface area contributed by atoms with Gasteiger partial charge in [-0.3, -0.25) is 4.79 Å². The Labute approximate surface area is 187 Å². The van der Waals surface area contributed by atoms with Crippen LogP contribution in [0.1, 0.15) is 27.4 Å². The maximum absolute atomic E-state index is 12.9. The van der Waals surface area contributed by atoms with E-state index in [0.717, 1.165) is 16.6 Å². The second-order valence-electron chi connectivity index (χ2n) is 7.67. The Balaban J connectivity index is 1.46. The number of carbonyl (C=O) groups is 1. The zero-order valence-electron chi connectivity index (χ0n) is 17.9. The second-order valence-corrected chi connectivity index (χ2v) is 9.66. The van der Waals surface area contributed by atoms with Gasteiger partial charge in [0.05, 0.1) is 22.7 Å². The molecule has 0 aliphatic rings. The van der Waals surface area contributed by atoms with E-state index in [-0.39, 0.29) is 23.1 Å². The van der Waals surface area contributed by atoms with Crippen LogP contribution in [0, 0.1) is 6.92 Å². The number of hydrogen-bond acceptors (Lipinski definition) is 5. The molecule has 0 saturated heterocycles. The van der Waals surface area contributed by atoms with Crippen LogP contribution >= 0.6 is 0 Å². The van der Waals surface area contributed by atoms with E-state index in [0.29, 0.717) is 17.0 Å². The van der Waals surface area contributed by atoms with E-state index in [1.807, 2.05) is 31.2 Å². The van der Waals surface area contributed by atoms with Crippen LogP contribution in [-0.2, 0) is 22.1 Å². The summed E-state index contributed by atoms with van der Waals surface area (Å²) in [5.41, 5.74) is 2.82. The van der Waals surface area contributed by atoms with Crippen molar-refractivity contribution in [2.24, 2.45) is 0 Å². The van der Waals surface area contributed by atoms with Crippen molar-refractivity contribution in [3.63, 3.8) is 0 Å². The molecular formula is C25H23N3O3S. The summed E-state index contributed by atoms with van der Waals surface area (Å²) >= 11 is 0. The average molecular weight is 446 g/mol. The van der Waals surface area contributed by atoms with Gasteiger partial charge in [0.1, 0.15) is 5.82 Å². The summed E-state index contributed by atoms with van der Waals surface area (Å²) in [6, 6.07) is 22.8. The molecule has 3 aromatic carbocycles. The second kappa shape index (κ2) is 8.88. The SMILES string of the molecule is Cc1nc(CN(C)C(=O)c2ccc(CS(=O)(=O)c3ccccc3)cc2)nc2ccccc12. The Morgan fingerprint density at radius 2 is 1.53 bits per heavy atom. The van der Waals surface area contributed by atoms with Crippen LogP contribution in [0.4, 0.5) is 0 Å². The first-order valence-corrected chi connectivity index (χ1v) is 11.8. The van der Waals surface area contributed by atoms with E-state index >= 15 is 0 Å². The van der Waals surface area contributed by atoms with Gasteiger partial charge in [0.15, 0.2) is 9.84 Å². The van der Waals surface area contributed by atoms with Crippen LogP contribution < -0.4 is 0 Å². The third-order valence-corrected chi connectivity index (χ3v) is 6.93. The first-order chi connectivity index (χ1) is 15.3. The van der Waals surface area contributed by atoms with Crippen molar-refractivity contribution in [2.45, 2.75) is 24.1 Å². The Kier molecular flexibility index (Phi) is 6.01. The minimum absolute atomic E-state index is 0.120. The van der Waals surface area contributed by atoms with Crippen molar-refractivity contribution in [2.75, 3.05) is 7.05 Å². The van der Waals surface area contributed by atoms with E-state index in [2.05, 4.69) is 9.97 Å². The molecular weight excluding hydrogens is 422 g/mol. The average Bonchev–Trinajstić information content (AvgIpc) is 2.79. The van der Waals surface area contributed by atoms with Gasteiger partial charge in [-0.2, -0.15) is 0 Å². The first kappa shape index (κ1) is 21.6. The highest BCUT2D eigenvalue weighted by Crippen LogP contribution is 2.18. The quantitative estimate of drug-likeness (QED) is 0.445. The normalized spacial score (nSPS) is 11.4. The summed E-state index contributed by atoms with van der Waals surface area (Å²) in [5, 5.41) is 0.992. The monoisotopic (exact) mass is 445 g/mol. The summed E-state index contributed by atoms with van der Waals surface area (Å²) < 4.78 is 25.1. The highest BCUT2D eigenvalue weighted by molar-refractivity contribution is 7.90. The summed E-state index contributed by atoms with van der Waals surface area (Å²) in [5.74, 6) is 0.269. The fourth-order valence-corrected chi connectivity index (χ4v) is 4.91. The third-order valence-electron chi connectivity index (χ3n) is 5.23. The molecule has 1 heterocycles. The maximum atomic E-state index is 12.9. The van der Waals surface area contributed by atoms with Gasteiger partial charge in [0, 0.05) is 23.7 Å². The topological polar surface area (TPSA) is 80.2 Å². The Morgan fingerprint density at radius 1 is 0.875 bits per heavy atom. The van der Waals surface area contributed by atoms with Crippen molar-refractivity contribution in [1.82, 2.24) is 14.9 Å². The van der Waals surface area contributed by atoms with Gasteiger partial charge < -0.3 is 4.90 Å². The summed E-state index contributed by atoms with van der Waals surface area (Å²) in [6.45, 7) is 2.20. The minimum atomic E-state index is -3.44. The molecule has 0 radical (unpaired) electrons. The fraction of sp³-hybridized carbons (Fsp3) is 0.160. The molecule has 0 fully saturated rings. The van der Waals surface area contributed by atoms with Crippen LogP contribution in [-0.4, -0.2) is 36.2 Å². The molecule has 32 heavy (non-hydrogen) atoms. The lowest BCUT2D eigenvalue weighted by Crippen LogP contribution is -2.27. The molecule has 0 aliphatic heterocycles. The smallest absolute Gasteiger partial charge is 0.254 e. The van der Waals surface area contributed by atoms with Crippen LogP contribution in [0.15, 0.2) is 83.8 Å². The van der Waals surface area contributed by atoms with Gasteiger partial charge in [-0.25, -0.2) is 18.4 Å². The number of carbonyl (C=O) groups excluding carboxylic acids is 1. The molecule has 1 aromatic heterocycles. The summed E-state index contributed by atoms with van der Waals surface area (Å²) in [7, 11) is -1.74. The highest BCUT2D eigenvalue weighted by Gasteiger charge is 2.17. The van der Waals surface area contributed by atoms with Gasteiger partial charge in [-0.15, -0.1) is 0 Å². The number of hydrogen-bond donors (Lipinski definition) is 0. The molecule has 7 heteroatoms. The zero-order valence-corrected chi connectivity index (χ0v) is 18.7. The molecule has 0 bridgehead atoms. The molecule has 0 aliphatic carbocycles. The molecule has 0 saturated carbocycles. The molecule has 0 N–H and O–H groups in total. The predicted octanol–water partition coefficient (Wildman–Crippen LogP) is 4.18. The number of aromatic nitrogens is 2. The lowest BCUT2D eigenvalue weighted by molar-refractivity contribution is 0.0781. The molecule has 4 aromatic rings. The van der Waals surface area contributed by atoms with Crippen LogP contribution in [0.25, 0.3) is 10.9 Å². The van der Waals surface area contributed by atoms with Gasteiger partial charge in [0.25, 0.3) is 5.91 Å². The fourth-order valence-electron chi connectivity index (χ4n) is 3.54. The Hall–Kier alpha value is -3.58. The van der Waals surface area contributed by atoms with Crippen LogP contribution in [0.5, 0.6) is 0 Å². The Morgan fingerprint density at radius 3 is 2.25 bits per heavy atom. The number of aryl methyl sites for hydroxylation is 1. The number of rotatable bonds is 6. The number of benzene rings is 3. The van der Waals surface area contributed by atoms with Crippen molar-refractivity contribution in [3.05, 3.63) is 102 Å². The zero-order chi connectivity index (χ0) is 22.7. The summed E-state index contributed by atoms with van der Waals surface area (Å²) in [4.78, 5) is 23.8. The summed E-state index contributed by atoms with van der Waals surface area (Å²) in [6.07, 6.45) is 0. The van der Waals surface area contributed by atoms with Crippen LogP contribution in [0.3, 0.4) is 0 Å². The van der Waals surface area contributed by atoms with Crippen molar-refractivity contribution in [3.8, 4) is 0 Å². The third kappa shape index (κ3) is 4.68. The van der Waals surface area contributed by atoms with Gasteiger partial charge >= 0.3 is 0 Å². The van der Waals surface area contributed by atoms with E-state index in [1.165, 1.54) is 0 Å². The van der Waals surface area contributed by atoms with E-state index in [9.17, 15) is 13.2 Å². The molecule has 162 valence electrons. The largest absolute Gasteiger partial charge is 0.334 e. The minimum Gasteiger partial charge on any atom is -0.334 e. The van der Waals surface area contributed by atoms with Crippen molar-refractivity contribution >= 4 is 26.6 Å². The van der Waals surface area contributed by atoms with Crippen molar-refractivity contribution in [1.29, 1.82) is 0 Å². The van der Waals surface area contributed by atoms with E-state index in [1.54, 1.807) is 66.5 Å². The Bertz CT molecular complexity index is 1370. The predicted molar refractivity (Wildman–Crippen MR) is 124 cm³/mol. The number of nitrogens with zero attached hydrogens (tertiary/aromatic N) is 3. The van der Waals surface area contributed by atoms with Gasteiger partial charge in [0.2, 0.25) is 0 Å². The number of sulfone groups is 1. The van der Waals surface area contributed by atoms with E-state index in [4.69, 9.17) is 0 Å². The maximum Gasteiger partial charge on any atom is 0.254 e. The van der Waals surface area contributed by atoms with Gasteiger partial charge in [-0.05, 0) is 42.8 Å². The van der Waals surface area contributed by atoms with E-state index < -0.39 is 9.84 Å². The molecule has 0 unspecified atom stereocenters. The molecule has 1 amide bonds. The number of para-hydroxylation sites is 1. The molecule has 4 rings (SSSR count). The first-order valence-electron chi connectivity index (χ1n) is 10.2. The highest BCUT2D eigenvalue weighted by atomic mass is 32.2. The van der Waals surface area contributed by atoms with Crippen LogP contribution in [0.2, 0.25) is 0 Å². The molecule has 0 atom stereocenters.